The Labute approximate surface area is 262 Å². The van der Waals surface area contributed by atoms with E-state index in [9.17, 15) is 4.79 Å². The zero-order valence-corrected chi connectivity index (χ0v) is 25.0. The van der Waals surface area contributed by atoms with Crippen LogP contribution in [-0.4, -0.2) is 17.1 Å². The van der Waals surface area contributed by atoms with Gasteiger partial charge in [0.05, 0.1) is 16.9 Å². The second-order valence-corrected chi connectivity index (χ2v) is 11.3. The third-order valence-electron chi connectivity index (χ3n) is 6.64. The Bertz CT molecular complexity index is 1920. The number of carbonyl (C=O) groups excluding carboxylic acids is 1. The first-order valence-electron chi connectivity index (χ1n) is 13.3. The van der Waals surface area contributed by atoms with Crippen molar-refractivity contribution in [3.8, 4) is 17.0 Å². The van der Waals surface area contributed by atoms with Crippen molar-refractivity contribution in [3.63, 3.8) is 0 Å². The molecular weight excluding hydrogens is 599 g/mol. The molecule has 0 aliphatic rings. The van der Waals surface area contributed by atoms with Crippen LogP contribution in [-0.2, 0) is 6.61 Å². The molecule has 0 aliphatic heterocycles. The molecule has 9 heteroatoms. The molecule has 43 heavy (non-hydrogen) atoms. The quantitative estimate of drug-likeness (QED) is 0.124. The summed E-state index contributed by atoms with van der Waals surface area (Å²) in [5, 5.41) is 13.5. The number of hydrazone groups is 1. The van der Waals surface area contributed by atoms with E-state index in [1.54, 1.807) is 24.3 Å². The molecule has 0 radical (unpaired) electrons. The third-order valence-corrected chi connectivity index (χ3v) is 7.95. The lowest BCUT2D eigenvalue weighted by atomic mass is 10.1. The van der Waals surface area contributed by atoms with Crippen LogP contribution in [0.2, 0.25) is 10.0 Å². The van der Waals surface area contributed by atoms with Gasteiger partial charge in [0.15, 0.2) is 5.13 Å². The summed E-state index contributed by atoms with van der Waals surface area (Å²) in [6, 6.07) is 34.3. The van der Waals surface area contributed by atoms with Crippen LogP contribution in [0.15, 0.2) is 120 Å². The maximum Gasteiger partial charge on any atom is 0.271 e. The summed E-state index contributed by atoms with van der Waals surface area (Å²) >= 11 is 13.9. The number of fused-ring (bicyclic) bond motifs is 1. The van der Waals surface area contributed by atoms with Gasteiger partial charge >= 0.3 is 0 Å². The minimum atomic E-state index is -0.327. The highest BCUT2D eigenvalue weighted by molar-refractivity contribution is 7.14. The summed E-state index contributed by atoms with van der Waals surface area (Å²) in [5.74, 6) is 0.246. The van der Waals surface area contributed by atoms with Crippen LogP contribution in [0.1, 0.15) is 21.5 Å². The Balaban J connectivity index is 1.03. The van der Waals surface area contributed by atoms with Gasteiger partial charge < -0.3 is 10.1 Å². The second kappa shape index (κ2) is 13.1. The first-order chi connectivity index (χ1) is 21.0. The minimum absolute atomic E-state index is 0.327. The molecule has 6 aromatic rings. The minimum Gasteiger partial charge on any atom is -0.487 e. The van der Waals surface area contributed by atoms with E-state index in [4.69, 9.17) is 27.9 Å². The van der Waals surface area contributed by atoms with Crippen molar-refractivity contribution in [1.82, 2.24) is 10.4 Å². The Morgan fingerprint density at radius 1 is 0.907 bits per heavy atom. The van der Waals surface area contributed by atoms with E-state index >= 15 is 0 Å². The molecule has 2 N–H and O–H groups in total. The maximum absolute atomic E-state index is 12.6. The fourth-order valence-corrected chi connectivity index (χ4v) is 5.54. The van der Waals surface area contributed by atoms with Crippen molar-refractivity contribution in [1.29, 1.82) is 0 Å². The first kappa shape index (κ1) is 28.4. The Morgan fingerprint density at radius 3 is 2.51 bits per heavy atom. The summed E-state index contributed by atoms with van der Waals surface area (Å²) in [6.45, 7) is 0.396. The summed E-state index contributed by atoms with van der Waals surface area (Å²) in [7, 11) is 0. The Kier molecular flexibility index (Phi) is 8.65. The van der Waals surface area contributed by atoms with Crippen LogP contribution < -0.4 is 15.5 Å². The molecule has 0 bridgehead atoms. The number of carbonyl (C=O) groups is 1. The normalized spacial score (nSPS) is 11.1. The molecule has 0 spiro atoms. The maximum atomic E-state index is 12.6. The molecule has 0 aliphatic carbocycles. The number of ether oxygens (including phenoxy) is 1. The molecule has 1 heterocycles. The molecule has 5 aromatic carbocycles. The standard InChI is InChI=1S/C34H24Cl2N4O2S/c35-27-13-15-28(16-14-27)38-34-39-31(21-43-34)24-9-11-25(12-10-24)33(41)40-37-19-22-8-17-32(30(36)18-22)42-20-26-6-3-5-23-4-1-2-7-29(23)26/h1-19,21H,20H2,(H,38,39)(H,40,41)/b37-19-. The van der Waals surface area contributed by atoms with Gasteiger partial charge in [-0.05, 0) is 76.5 Å². The number of hydrogen-bond acceptors (Lipinski definition) is 6. The lowest BCUT2D eigenvalue weighted by Gasteiger charge is -2.11. The Hall–Kier alpha value is -4.69. The summed E-state index contributed by atoms with van der Waals surface area (Å²) < 4.78 is 6.00. The van der Waals surface area contributed by atoms with Gasteiger partial charge in [-0.2, -0.15) is 5.10 Å². The summed E-state index contributed by atoms with van der Waals surface area (Å²) in [6.07, 6.45) is 1.54. The van der Waals surface area contributed by atoms with Crippen LogP contribution in [0.4, 0.5) is 10.8 Å². The predicted molar refractivity (Wildman–Crippen MR) is 177 cm³/mol. The molecule has 1 aromatic heterocycles. The number of anilines is 2. The van der Waals surface area contributed by atoms with Crippen LogP contribution in [0.5, 0.6) is 5.75 Å². The molecule has 0 atom stereocenters. The highest BCUT2D eigenvalue weighted by atomic mass is 35.5. The number of aromatic nitrogens is 1. The number of nitrogens with one attached hydrogen (secondary N) is 2. The van der Waals surface area contributed by atoms with Crippen molar-refractivity contribution >= 4 is 68.3 Å². The van der Waals surface area contributed by atoms with Crippen LogP contribution in [0, 0.1) is 0 Å². The summed E-state index contributed by atoms with van der Waals surface area (Å²) in [4.78, 5) is 17.3. The first-order valence-corrected chi connectivity index (χ1v) is 15.0. The van der Waals surface area contributed by atoms with Gasteiger partial charge in [-0.15, -0.1) is 11.3 Å². The molecule has 212 valence electrons. The highest BCUT2D eigenvalue weighted by Gasteiger charge is 2.09. The van der Waals surface area contributed by atoms with Crippen molar-refractivity contribution in [2.75, 3.05) is 5.32 Å². The molecular formula is C34H24Cl2N4O2S. The Morgan fingerprint density at radius 2 is 1.70 bits per heavy atom. The van der Waals surface area contributed by atoms with Crippen LogP contribution in [0.25, 0.3) is 22.0 Å². The summed E-state index contributed by atoms with van der Waals surface area (Å²) in [5.41, 5.74) is 7.47. The number of nitrogens with zero attached hydrogens (tertiary/aromatic N) is 2. The average Bonchev–Trinajstić information content (AvgIpc) is 3.50. The van der Waals surface area contributed by atoms with E-state index in [0.29, 0.717) is 28.0 Å². The predicted octanol–water partition coefficient (Wildman–Crippen LogP) is 9.36. The molecule has 1 amide bonds. The van der Waals surface area contributed by atoms with E-state index in [1.165, 1.54) is 17.6 Å². The van der Waals surface area contributed by atoms with Gasteiger partial charge in [-0.1, -0.05) is 77.8 Å². The number of rotatable bonds is 9. The highest BCUT2D eigenvalue weighted by Crippen LogP contribution is 2.29. The fourth-order valence-electron chi connectivity index (χ4n) is 4.43. The molecule has 0 saturated carbocycles. The van der Waals surface area contributed by atoms with Gasteiger partial charge in [0.2, 0.25) is 0 Å². The van der Waals surface area contributed by atoms with Crippen LogP contribution >= 0.6 is 34.5 Å². The average molecular weight is 624 g/mol. The lowest BCUT2D eigenvalue weighted by Crippen LogP contribution is -2.17. The van der Waals surface area contributed by atoms with E-state index in [-0.39, 0.29) is 5.91 Å². The van der Waals surface area contributed by atoms with Crippen molar-refractivity contribution < 1.29 is 9.53 Å². The van der Waals surface area contributed by atoms with E-state index < -0.39 is 0 Å². The van der Waals surface area contributed by atoms with Crippen molar-refractivity contribution in [2.45, 2.75) is 6.61 Å². The van der Waals surface area contributed by atoms with Gasteiger partial charge in [0.25, 0.3) is 5.91 Å². The number of halogens is 2. The van der Waals surface area contributed by atoms with E-state index in [2.05, 4.69) is 39.0 Å². The van der Waals surface area contributed by atoms with Crippen molar-refractivity contribution in [2.24, 2.45) is 5.10 Å². The third kappa shape index (κ3) is 7.04. The zero-order valence-electron chi connectivity index (χ0n) is 22.6. The fraction of sp³-hybridized carbons (Fsp3) is 0.0294. The van der Waals surface area contributed by atoms with E-state index in [0.717, 1.165) is 44.0 Å². The molecule has 6 rings (SSSR count). The van der Waals surface area contributed by atoms with Gasteiger partial charge in [0, 0.05) is 27.2 Å². The van der Waals surface area contributed by atoms with Gasteiger partial charge in [-0.3, -0.25) is 4.79 Å². The molecule has 0 saturated heterocycles. The largest absolute Gasteiger partial charge is 0.487 e. The number of hydrogen-bond donors (Lipinski definition) is 2. The van der Waals surface area contributed by atoms with Gasteiger partial charge in [-0.25, -0.2) is 10.4 Å². The molecule has 6 nitrogen and oxygen atoms in total. The molecule has 0 unspecified atom stereocenters. The number of thiazole rings is 1. The smallest absolute Gasteiger partial charge is 0.271 e. The topological polar surface area (TPSA) is 75.6 Å². The monoisotopic (exact) mass is 622 g/mol. The zero-order chi connectivity index (χ0) is 29.6. The number of benzene rings is 5. The second-order valence-electron chi connectivity index (χ2n) is 9.56. The number of amides is 1. The van der Waals surface area contributed by atoms with E-state index in [1.807, 2.05) is 72.1 Å². The van der Waals surface area contributed by atoms with Crippen LogP contribution in [0.3, 0.4) is 0 Å². The van der Waals surface area contributed by atoms with Crippen molar-refractivity contribution in [3.05, 3.63) is 141 Å². The van der Waals surface area contributed by atoms with Gasteiger partial charge in [0.1, 0.15) is 12.4 Å². The SMILES string of the molecule is O=C(N/N=C\c1ccc(OCc2cccc3ccccc23)c(Cl)c1)c1ccc(-c2csc(Nc3ccc(Cl)cc3)n2)cc1. The lowest BCUT2D eigenvalue weighted by molar-refractivity contribution is 0.0955. The molecule has 0 fully saturated rings.